The largest absolute Gasteiger partial charge is 1.00 e. The van der Waals surface area contributed by atoms with Gasteiger partial charge in [0.25, 0.3) is 0 Å². The number of hydrogen-bond donors (Lipinski definition) is 1. The van der Waals surface area contributed by atoms with Crippen molar-refractivity contribution in [3.05, 3.63) is 54.1 Å². The Morgan fingerprint density at radius 2 is 1.42 bits per heavy atom. The van der Waals surface area contributed by atoms with Crippen molar-refractivity contribution in [1.29, 1.82) is 0 Å². The molecule has 0 bridgehead atoms. The zero-order valence-electron chi connectivity index (χ0n) is 15.5. The van der Waals surface area contributed by atoms with Crippen molar-refractivity contribution in [3.8, 4) is 5.75 Å². The fourth-order valence-corrected chi connectivity index (χ4v) is 3.04. The molecule has 0 aliphatic carbocycles. The summed E-state index contributed by atoms with van der Waals surface area (Å²) in [6.45, 7) is 13.5. The first-order chi connectivity index (χ1) is 10.1. The topological polar surface area (TPSA) is 20.2 Å². The molecule has 0 unspecified atom stereocenters. The molecule has 24 heavy (non-hydrogen) atoms. The molecule has 0 heterocycles. The molecular weight excluding hydrogens is 391 g/mol. The van der Waals surface area contributed by atoms with E-state index >= 15 is 0 Å². The second-order valence-corrected chi connectivity index (χ2v) is 12.3. The average molecular weight is 420 g/mol. The maximum Gasteiger partial charge on any atom is -1.00 e. The van der Waals surface area contributed by atoms with E-state index in [1.54, 1.807) is 37.3 Å². The van der Waals surface area contributed by atoms with Gasteiger partial charge in [0, 0.05) is 8.07 Å². The maximum atomic E-state index is 9.18. The second-order valence-electron chi connectivity index (χ2n) is 7.22. The molecule has 1 nitrogen and oxygen atoms in total. The molecule has 2 aromatic rings. The number of phenols is 1. The van der Waals surface area contributed by atoms with Crippen molar-refractivity contribution >= 4 is 18.1 Å². The summed E-state index contributed by atoms with van der Waals surface area (Å²) < 4.78 is 0. The van der Waals surface area contributed by atoms with Crippen LogP contribution in [0.1, 0.15) is 26.3 Å². The maximum absolute atomic E-state index is 9.18. The summed E-state index contributed by atoms with van der Waals surface area (Å²) in [5.74, 6) is 0.345. The molecule has 1 N–H and O–H groups in total. The van der Waals surface area contributed by atoms with Crippen LogP contribution in [0.2, 0.25) is 19.6 Å². The van der Waals surface area contributed by atoms with Gasteiger partial charge in [0.05, 0.1) is 0 Å². The number of halogens is 2. The molecule has 0 amide bonds. The molecule has 0 saturated carbocycles. The minimum atomic E-state index is -0.981. The van der Waals surface area contributed by atoms with Gasteiger partial charge >= 0.3 is 24.8 Å². The van der Waals surface area contributed by atoms with Gasteiger partial charge in [-0.1, -0.05) is 52.5 Å². The van der Waals surface area contributed by atoms with E-state index in [1.165, 1.54) is 0 Å². The van der Waals surface area contributed by atoms with E-state index in [4.69, 9.17) is 0 Å². The standard InChI is InChI=1S/C10H14O.C8H13Si.CH2.2ClH.Ti/c1-10(2,3)8-5-4-6-9(11)7-8;1-9(2,3)8-6-4-5-7-8;;;;/h4-7,11H,1-3H3;4-7H,1-3H3;1H2;2*1H;/q;-1;;;;+2/p-2. The molecule has 134 valence electrons. The Morgan fingerprint density at radius 3 is 1.67 bits per heavy atom. The van der Waals surface area contributed by atoms with Gasteiger partial charge in [0.15, 0.2) is 0 Å². The van der Waals surface area contributed by atoms with Crippen LogP contribution in [0.3, 0.4) is 0 Å². The van der Waals surface area contributed by atoms with Crippen LogP contribution in [0.4, 0.5) is 0 Å². The number of rotatable bonds is 1. The summed E-state index contributed by atoms with van der Waals surface area (Å²) in [6.07, 6.45) is 0. The van der Waals surface area contributed by atoms with Crippen molar-refractivity contribution < 1.29 is 49.9 Å². The third kappa shape index (κ3) is 11.3. The Balaban J connectivity index is -0.000000313. The van der Waals surface area contributed by atoms with E-state index < -0.39 is 8.07 Å². The smallest absolute Gasteiger partial charge is 1.00 e. The van der Waals surface area contributed by atoms with Gasteiger partial charge in [-0.15, -0.1) is 0 Å². The van der Waals surface area contributed by atoms with E-state index in [9.17, 15) is 5.11 Å². The van der Waals surface area contributed by atoms with Gasteiger partial charge in [-0.2, -0.15) is 17.3 Å². The van der Waals surface area contributed by atoms with Gasteiger partial charge in [-0.3, -0.25) is 0 Å². The predicted octanol–water partition coefficient (Wildman–Crippen LogP) is -1.39. The monoisotopic (exact) mass is 419 g/mol. The minimum absolute atomic E-state index is 0. The molecule has 0 aliphatic heterocycles. The summed E-state index contributed by atoms with van der Waals surface area (Å²) in [5.41, 5.74) is 1.29. The van der Waals surface area contributed by atoms with E-state index in [1.807, 2.05) is 12.1 Å². The van der Waals surface area contributed by atoms with Crippen LogP contribution in [0.15, 0.2) is 48.5 Å². The Labute approximate surface area is 173 Å². The molecular formula is C19H29Cl2OSiTi-. The van der Waals surface area contributed by atoms with E-state index in [0.29, 0.717) is 5.75 Å². The van der Waals surface area contributed by atoms with Crippen LogP contribution < -0.4 is 30.0 Å². The number of phenolic OH excluding ortho intramolecular Hbond substituents is 1. The first kappa shape index (κ1) is 28.6. The molecule has 0 aliphatic rings. The second kappa shape index (κ2) is 13.0. The summed E-state index contributed by atoms with van der Waals surface area (Å²) in [5, 5.41) is 10.7. The van der Waals surface area contributed by atoms with Crippen molar-refractivity contribution in [2.75, 3.05) is 0 Å². The van der Waals surface area contributed by atoms with Crippen LogP contribution >= 0.6 is 0 Å². The first-order valence-corrected chi connectivity index (χ1v) is 12.1. The van der Waals surface area contributed by atoms with Gasteiger partial charge < -0.3 is 29.9 Å². The van der Waals surface area contributed by atoms with Gasteiger partial charge in [0.1, 0.15) is 5.75 Å². The van der Waals surface area contributed by atoms with Crippen LogP contribution in [0, 0.1) is 0 Å². The van der Waals surface area contributed by atoms with Crippen molar-refractivity contribution in [2.45, 2.75) is 45.8 Å². The molecule has 5 heteroatoms. The van der Waals surface area contributed by atoms with Crippen LogP contribution in [0.25, 0.3) is 0 Å². The van der Waals surface area contributed by atoms with Gasteiger partial charge in [-0.05, 0) is 23.1 Å². The van der Waals surface area contributed by atoms with E-state index in [0.717, 1.165) is 5.56 Å². The summed E-state index contributed by atoms with van der Waals surface area (Å²) in [4.78, 5) is 3.25. The van der Waals surface area contributed by atoms with Gasteiger partial charge in [0.2, 0.25) is 0 Å². The number of aromatic hydroxyl groups is 1. The molecule has 0 spiro atoms. The summed E-state index contributed by atoms with van der Waals surface area (Å²) >= 11 is 1.75. The number of hydrogen-bond acceptors (Lipinski definition) is 1. The third-order valence-corrected chi connectivity index (χ3v) is 5.31. The van der Waals surface area contributed by atoms with Crippen molar-refractivity contribution in [2.24, 2.45) is 0 Å². The Morgan fingerprint density at radius 1 is 0.958 bits per heavy atom. The molecule has 2 aromatic carbocycles. The minimum Gasteiger partial charge on any atom is -1.00 e. The predicted molar refractivity (Wildman–Crippen MR) is 98.9 cm³/mol. The molecule has 2 rings (SSSR count). The van der Waals surface area contributed by atoms with Crippen molar-refractivity contribution in [3.63, 3.8) is 0 Å². The zero-order chi connectivity index (χ0) is 17.4. The molecule has 0 fully saturated rings. The fraction of sp³-hybridized carbons (Fsp3) is 0.368. The molecule has 0 atom stereocenters. The average Bonchev–Trinajstić information content (AvgIpc) is 2.95. The van der Waals surface area contributed by atoms with Crippen LogP contribution in [-0.4, -0.2) is 18.0 Å². The molecule has 0 radical (unpaired) electrons. The van der Waals surface area contributed by atoms with Gasteiger partial charge in [-0.25, -0.2) is 12.1 Å². The summed E-state index contributed by atoms with van der Waals surface area (Å²) in [6, 6.07) is 16.1. The fourth-order valence-electron chi connectivity index (χ4n) is 1.85. The molecule has 0 aromatic heterocycles. The van der Waals surface area contributed by atoms with E-state index in [-0.39, 0.29) is 30.2 Å². The quantitative estimate of drug-likeness (QED) is 0.446. The van der Waals surface area contributed by atoms with Crippen molar-refractivity contribution in [1.82, 2.24) is 0 Å². The van der Waals surface area contributed by atoms with E-state index in [2.05, 4.69) is 69.5 Å². The Kier molecular flexibility index (Phi) is 15.5. The Bertz CT molecular complexity index is 543. The SMILES string of the molecule is CC(C)(C)c1cccc(O)c1.C[Si](C)(C)[c-]1cccc1.[CH2]=[Ti+2].[Cl-].[Cl-]. The van der Waals surface area contributed by atoms with Crippen LogP contribution in [0.5, 0.6) is 5.75 Å². The number of benzene rings is 1. The third-order valence-electron chi connectivity index (χ3n) is 3.24. The summed E-state index contributed by atoms with van der Waals surface area (Å²) in [7, 11) is -0.981. The first-order valence-electron chi connectivity index (χ1n) is 7.48. The Hall–Kier alpha value is -0.249. The zero-order valence-corrected chi connectivity index (χ0v) is 19.6. The van der Waals surface area contributed by atoms with Crippen LogP contribution in [-0.2, 0) is 25.4 Å². The normalized spacial score (nSPS) is 10.0. The molecule has 0 saturated heterocycles.